The third-order valence-corrected chi connectivity index (χ3v) is 5.38. The van der Waals surface area contributed by atoms with Crippen molar-refractivity contribution in [3.63, 3.8) is 0 Å². The molecule has 7 heteroatoms. The molecular formula is C17H18F6O. The molecular weight excluding hydrogens is 334 g/mol. The van der Waals surface area contributed by atoms with Gasteiger partial charge in [0, 0.05) is 5.56 Å². The van der Waals surface area contributed by atoms with Gasteiger partial charge in [-0.25, -0.2) is 0 Å². The molecule has 0 radical (unpaired) electrons. The Morgan fingerprint density at radius 1 is 1.00 bits per heavy atom. The van der Waals surface area contributed by atoms with Crippen LogP contribution in [0.4, 0.5) is 26.3 Å². The molecule has 0 bridgehead atoms. The van der Waals surface area contributed by atoms with E-state index in [1.165, 1.54) is 0 Å². The SMILES string of the molecule is CC(C)(c1cc(C2(C(F)(F)F)CC2)c(O)cc1C1CC1)C(F)(F)F. The maximum absolute atomic E-state index is 13.5. The molecule has 1 aromatic carbocycles. The lowest BCUT2D eigenvalue weighted by Gasteiger charge is -2.32. The van der Waals surface area contributed by atoms with Gasteiger partial charge in [-0.15, -0.1) is 0 Å². The standard InChI is InChI=1S/C17H18F6O/c1-14(2,16(18,19)20)11-8-12(15(5-6-15)17(21,22)23)13(24)7-10(11)9-3-4-9/h7-9,24H,3-6H2,1-2H3. The van der Waals surface area contributed by atoms with Crippen molar-refractivity contribution in [2.24, 2.45) is 0 Å². The van der Waals surface area contributed by atoms with Crippen molar-refractivity contribution in [2.75, 3.05) is 0 Å². The van der Waals surface area contributed by atoms with Crippen LogP contribution in [0.2, 0.25) is 0 Å². The molecule has 0 saturated heterocycles. The highest BCUT2D eigenvalue weighted by atomic mass is 19.4. The Kier molecular flexibility index (Phi) is 3.50. The lowest BCUT2D eigenvalue weighted by atomic mass is 9.77. The second kappa shape index (κ2) is 4.82. The Morgan fingerprint density at radius 2 is 1.54 bits per heavy atom. The van der Waals surface area contributed by atoms with Crippen LogP contribution in [0, 0.1) is 0 Å². The number of hydrogen-bond donors (Lipinski definition) is 1. The predicted octanol–water partition coefficient (Wildman–Crippen LogP) is 5.70. The molecule has 2 saturated carbocycles. The van der Waals surface area contributed by atoms with E-state index in [4.69, 9.17) is 0 Å². The topological polar surface area (TPSA) is 20.2 Å². The maximum atomic E-state index is 13.5. The van der Waals surface area contributed by atoms with E-state index in [0.29, 0.717) is 18.4 Å². The Morgan fingerprint density at radius 3 is 1.92 bits per heavy atom. The van der Waals surface area contributed by atoms with Crippen molar-refractivity contribution >= 4 is 0 Å². The maximum Gasteiger partial charge on any atom is 0.398 e. The summed E-state index contributed by atoms with van der Waals surface area (Å²) in [5.41, 5.74) is -4.76. The molecule has 0 unspecified atom stereocenters. The molecule has 134 valence electrons. The molecule has 24 heavy (non-hydrogen) atoms. The van der Waals surface area contributed by atoms with Crippen LogP contribution in [-0.2, 0) is 10.8 Å². The van der Waals surface area contributed by atoms with Crippen LogP contribution < -0.4 is 0 Å². The highest BCUT2D eigenvalue weighted by Gasteiger charge is 2.65. The summed E-state index contributed by atoms with van der Waals surface area (Å²) in [7, 11) is 0. The molecule has 1 N–H and O–H groups in total. The summed E-state index contributed by atoms with van der Waals surface area (Å²) >= 11 is 0. The first-order valence-electron chi connectivity index (χ1n) is 7.82. The molecule has 0 aliphatic heterocycles. The number of hydrogen-bond acceptors (Lipinski definition) is 1. The fourth-order valence-corrected chi connectivity index (χ4v) is 3.24. The Balaban J connectivity index is 2.20. The van der Waals surface area contributed by atoms with Gasteiger partial charge in [-0.1, -0.05) is 6.07 Å². The van der Waals surface area contributed by atoms with Gasteiger partial charge in [0.25, 0.3) is 0 Å². The first-order chi connectivity index (χ1) is 10.8. The van der Waals surface area contributed by atoms with E-state index in [1.807, 2.05) is 0 Å². The zero-order chi connectivity index (χ0) is 18.1. The van der Waals surface area contributed by atoms with Crippen molar-refractivity contribution in [2.45, 2.75) is 68.6 Å². The van der Waals surface area contributed by atoms with Gasteiger partial charge in [0.1, 0.15) is 5.75 Å². The van der Waals surface area contributed by atoms with Gasteiger partial charge in [0.2, 0.25) is 0 Å². The summed E-state index contributed by atoms with van der Waals surface area (Å²) < 4.78 is 80.5. The summed E-state index contributed by atoms with van der Waals surface area (Å²) in [6.07, 6.45) is -8.24. The number of halogens is 6. The Labute approximate surface area is 135 Å². The van der Waals surface area contributed by atoms with Crippen LogP contribution >= 0.6 is 0 Å². The van der Waals surface area contributed by atoms with E-state index in [9.17, 15) is 31.4 Å². The average Bonchev–Trinajstić information content (AvgIpc) is 3.28. The summed E-state index contributed by atoms with van der Waals surface area (Å²) in [6, 6.07) is 2.08. The fourth-order valence-electron chi connectivity index (χ4n) is 3.24. The summed E-state index contributed by atoms with van der Waals surface area (Å²) in [5, 5.41) is 10.1. The molecule has 0 spiro atoms. The molecule has 1 aromatic rings. The van der Waals surface area contributed by atoms with Gasteiger partial charge in [0.15, 0.2) is 0 Å². The lowest BCUT2D eigenvalue weighted by molar-refractivity contribution is -0.180. The van der Waals surface area contributed by atoms with E-state index < -0.39 is 34.5 Å². The van der Waals surface area contributed by atoms with Crippen molar-refractivity contribution in [3.05, 3.63) is 28.8 Å². The molecule has 3 rings (SSSR count). The summed E-state index contributed by atoms with van der Waals surface area (Å²) in [6.45, 7) is 1.95. The molecule has 0 atom stereocenters. The molecule has 0 aromatic heterocycles. The molecule has 0 heterocycles. The van der Waals surface area contributed by atoms with Crippen LogP contribution in [0.5, 0.6) is 5.75 Å². The number of phenols is 1. The van der Waals surface area contributed by atoms with Gasteiger partial charge < -0.3 is 5.11 Å². The van der Waals surface area contributed by atoms with Crippen molar-refractivity contribution < 1.29 is 31.4 Å². The second-order valence-corrected chi connectivity index (χ2v) is 7.43. The zero-order valence-corrected chi connectivity index (χ0v) is 13.3. The van der Waals surface area contributed by atoms with Gasteiger partial charge in [0.05, 0.1) is 10.8 Å². The second-order valence-electron chi connectivity index (χ2n) is 7.43. The van der Waals surface area contributed by atoms with Crippen molar-refractivity contribution in [1.82, 2.24) is 0 Å². The minimum atomic E-state index is -4.60. The van der Waals surface area contributed by atoms with E-state index in [1.54, 1.807) is 0 Å². The first-order valence-corrected chi connectivity index (χ1v) is 7.82. The van der Waals surface area contributed by atoms with Crippen LogP contribution in [-0.4, -0.2) is 17.5 Å². The third-order valence-electron chi connectivity index (χ3n) is 5.38. The summed E-state index contributed by atoms with van der Waals surface area (Å²) in [4.78, 5) is 0. The normalized spacial score (nSPS) is 21.0. The minimum absolute atomic E-state index is 0.123. The Bertz CT molecular complexity index is 663. The highest BCUT2D eigenvalue weighted by molar-refractivity contribution is 5.53. The molecule has 2 aliphatic rings. The third kappa shape index (κ3) is 2.47. The number of benzene rings is 1. The van der Waals surface area contributed by atoms with Gasteiger partial charge in [-0.2, -0.15) is 26.3 Å². The number of aromatic hydroxyl groups is 1. The van der Waals surface area contributed by atoms with Crippen molar-refractivity contribution in [3.8, 4) is 5.75 Å². The minimum Gasteiger partial charge on any atom is -0.508 e. The lowest BCUT2D eigenvalue weighted by Crippen LogP contribution is -2.38. The van der Waals surface area contributed by atoms with Crippen LogP contribution in [0.3, 0.4) is 0 Å². The van der Waals surface area contributed by atoms with Crippen LogP contribution in [0.1, 0.15) is 62.1 Å². The zero-order valence-electron chi connectivity index (χ0n) is 13.3. The predicted molar refractivity (Wildman–Crippen MR) is 76.1 cm³/mol. The number of phenolic OH excluding ortho intramolecular Hbond substituents is 1. The average molecular weight is 352 g/mol. The monoisotopic (exact) mass is 352 g/mol. The van der Waals surface area contributed by atoms with Crippen molar-refractivity contribution in [1.29, 1.82) is 0 Å². The molecule has 2 fully saturated rings. The van der Waals surface area contributed by atoms with Gasteiger partial charge >= 0.3 is 12.4 Å². The summed E-state index contributed by atoms with van der Waals surface area (Å²) in [5.74, 6) is -0.670. The van der Waals surface area contributed by atoms with Gasteiger partial charge in [-0.3, -0.25) is 0 Å². The first kappa shape index (κ1) is 17.4. The molecule has 1 nitrogen and oxygen atoms in total. The Hall–Kier alpha value is -1.40. The van der Waals surface area contributed by atoms with E-state index in [-0.39, 0.29) is 24.3 Å². The number of rotatable bonds is 3. The van der Waals surface area contributed by atoms with Gasteiger partial charge in [-0.05, 0) is 62.6 Å². The largest absolute Gasteiger partial charge is 0.508 e. The highest BCUT2D eigenvalue weighted by Crippen LogP contribution is 2.62. The molecule has 0 amide bonds. The smallest absolute Gasteiger partial charge is 0.398 e. The van der Waals surface area contributed by atoms with Crippen LogP contribution in [0.25, 0.3) is 0 Å². The quantitative estimate of drug-likeness (QED) is 0.692. The fraction of sp³-hybridized carbons (Fsp3) is 0.647. The number of alkyl halides is 6. The van der Waals surface area contributed by atoms with E-state index >= 15 is 0 Å². The van der Waals surface area contributed by atoms with Crippen LogP contribution in [0.15, 0.2) is 12.1 Å². The van der Waals surface area contributed by atoms with E-state index in [0.717, 1.165) is 26.0 Å². The van der Waals surface area contributed by atoms with E-state index in [2.05, 4.69) is 0 Å². The molecule has 2 aliphatic carbocycles.